The fraction of sp³-hybridized carbons (Fsp3) is 0.115. The molecule has 0 radical (unpaired) electrons. The SMILES string of the molecule is Cc1cc(Cl)cc(C(=O)Nc2ccc(Cl)cc2)c1NC(=O)c1cc(Cn2nnc(C(F)(F)F)n2)nn1-c1ncccc1Cl. The molecule has 2 N–H and O–H groups in total. The summed E-state index contributed by atoms with van der Waals surface area (Å²) in [5, 5.41) is 20.4. The van der Waals surface area contributed by atoms with Crippen LogP contribution in [-0.2, 0) is 12.7 Å². The molecule has 0 unspecified atom stereocenters. The van der Waals surface area contributed by atoms with Crippen LogP contribution in [0.3, 0.4) is 0 Å². The molecule has 0 fully saturated rings. The van der Waals surface area contributed by atoms with Crippen molar-refractivity contribution in [2.24, 2.45) is 0 Å². The number of benzene rings is 2. The van der Waals surface area contributed by atoms with E-state index in [1.165, 1.54) is 24.4 Å². The van der Waals surface area contributed by atoms with Crippen LogP contribution >= 0.6 is 34.8 Å². The molecule has 220 valence electrons. The molecule has 0 aliphatic rings. The normalized spacial score (nSPS) is 11.4. The van der Waals surface area contributed by atoms with Crippen LogP contribution < -0.4 is 10.6 Å². The number of hydrogen-bond acceptors (Lipinski definition) is 7. The molecule has 2 aromatic carbocycles. The predicted octanol–water partition coefficient (Wildman–Crippen LogP) is 6.09. The van der Waals surface area contributed by atoms with Crippen LogP contribution in [0, 0.1) is 6.92 Å². The van der Waals surface area contributed by atoms with Crippen LogP contribution in [0.5, 0.6) is 0 Å². The van der Waals surface area contributed by atoms with Crippen molar-refractivity contribution in [1.29, 1.82) is 0 Å². The lowest BCUT2D eigenvalue weighted by Gasteiger charge is -2.15. The summed E-state index contributed by atoms with van der Waals surface area (Å²) in [6, 6.07) is 13.7. The lowest BCUT2D eigenvalue weighted by molar-refractivity contribution is -0.145. The van der Waals surface area contributed by atoms with E-state index in [1.54, 1.807) is 43.3 Å². The van der Waals surface area contributed by atoms with Gasteiger partial charge in [-0.15, -0.1) is 10.2 Å². The van der Waals surface area contributed by atoms with Gasteiger partial charge in [0.2, 0.25) is 0 Å². The number of alkyl halides is 3. The highest BCUT2D eigenvalue weighted by Gasteiger charge is 2.37. The molecular weight excluding hydrogens is 634 g/mol. The molecule has 3 heterocycles. The van der Waals surface area contributed by atoms with Gasteiger partial charge in [0.15, 0.2) is 5.82 Å². The maximum absolute atomic E-state index is 13.7. The van der Waals surface area contributed by atoms with Gasteiger partial charge in [-0.25, -0.2) is 9.67 Å². The third-order valence-corrected chi connectivity index (χ3v) is 6.59. The van der Waals surface area contributed by atoms with Gasteiger partial charge in [0.1, 0.15) is 12.2 Å². The number of tetrazole rings is 1. The van der Waals surface area contributed by atoms with Crippen molar-refractivity contribution in [2.45, 2.75) is 19.6 Å². The Hall–Kier alpha value is -4.53. The molecule has 5 rings (SSSR count). The van der Waals surface area contributed by atoms with Crippen molar-refractivity contribution in [3.8, 4) is 5.82 Å². The third-order valence-electron chi connectivity index (χ3n) is 5.83. The van der Waals surface area contributed by atoms with E-state index in [9.17, 15) is 22.8 Å². The van der Waals surface area contributed by atoms with E-state index in [1.807, 2.05) is 0 Å². The highest BCUT2D eigenvalue weighted by Crippen LogP contribution is 2.29. The number of carbonyl (C=O) groups is 2. The molecule has 43 heavy (non-hydrogen) atoms. The number of anilines is 2. The van der Waals surface area contributed by atoms with E-state index in [0.29, 0.717) is 21.1 Å². The Morgan fingerprint density at radius 1 is 0.930 bits per heavy atom. The summed E-state index contributed by atoms with van der Waals surface area (Å²) in [7, 11) is 0. The van der Waals surface area contributed by atoms with E-state index in [2.05, 4.69) is 36.1 Å². The minimum atomic E-state index is -4.79. The molecule has 0 saturated heterocycles. The summed E-state index contributed by atoms with van der Waals surface area (Å²) in [6.45, 7) is 1.28. The first-order valence-corrected chi connectivity index (χ1v) is 13.3. The Bertz CT molecular complexity index is 1840. The number of hydrogen-bond donors (Lipinski definition) is 2. The first-order valence-electron chi connectivity index (χ1n) is 12.1. The number of nitrogens with one attached hydrogen (secondary N) is 2. The molecule has 0 bridgehead atoms. The van der Waals surface area contributed by atoms with E-state index < -0.39 is 23.8 Å². The predicted molar refractivity (Wildman–Crippen MR) is 152 cm³/mol. The number of rotatable bonds is 7. The number of nitrogens with zero attached hydrogens (tertiary/aromatic N) is 7. The largest absolute Gasteiger partial charge is 0.455 e. The molecule has 3 aromatic heterocycles. The maximum Gasteiger partial charge on any atom is 0.455 e. The molecule has 11 nitrogen and oxygen atoms in total. The van der Waals surface area contributed by atoms with Crippen molar-refractivity contribution >= 4 is 58.0 Å². The lowest BCUT2D eigenvalue weighted by atomic mass is 10.1. The van der Waals surface area contributed by atoms with Crippen LogP contribution in [0.1, 0.15) is 37.9 Å². The Labute approximate surface area is 255 Å². The van der Waals surface area contributed by atoms with E-state index in [4.69, 9.17) is 34.8 Å². The minimum Gasteiger partial charge on any atom is -0.322 e. The van der Waals surface area contributed by atoms with Crippen LogP contribution in [-0.4, -0.2) is 46.8 Å². The van der Waals surface area contributed by atoms with Crippen LogP contribution in [0.2, 0.25) is 15.1 Å². The minimum absolute atomic E-state index is 0.0574. The zero-order valence-corrected chi connectivity index (χ0v) is 24.0. The first kappa shape index (κ1) is 29.9. The van der Waals surface area contributed by atoms with Gasteiger partial charge < -0.3 is 10.6 Å². The Balaban J connectivity index is 1.50. The fourth-order valence-electron chi connectivity index (χ4n) is 3.93. The van der Waals surface area contributed by atoms with Crippen molar-refractivity contribution in [3.63, 3.8) is 0 Å². The van der Waals surface area contributed by atoms with Crippen molar-refractivity contribution < 1.29 is 22.8 Å². The monoisotopic (exact) mass is 649 g/mol. The number of amides is 2. The van der Waals surface area contributed by atoms with Gasteiger partial charge in [-0.1, -0.05) is 34.8 Å². The second kappa shape index (κ2) is 12.0. The van der Waals surface area contributed by atoms with Gasteiger partial charge in [-0.05, 0) is 72.3 Å². The average molecular weight is 651 g/mol. The maximum atomic E-state index is 13.7. The molecule has 0 atom stereocenters. The second-order valence-corrected chi connectivity index (χ2v) is 10.2. The van der Waals surface area contributed by atoms with Gasteiger partial charge in [-0.3, -0.25) is 9.59 Å². The Kier molecular flexibility index (Phi) is 8.35. The summed E-state index contributed by atoms with van der Waals surface area (Å²) in [5.74, 6) is -2.67. The Morgan fingerprint density at radius 3 is 2.35 bits per heavy atom. The third kappa shape index (κ3) is 6.77. The molecule has 5 aromatic rings. The zero-order chi connectivity index (χ0) is 30.9. The van der Waals surface area contributed by atoms with Crippen molar-refractivity contribution in [1.82, 2.24) is 35.0 Å². The molecule has 0 aliphatic heterocycles. The van der Waals surface area contributed by atoms with Crippen molar-refractivity contribution in [3.05, 3.63) is 104 Å². The molecule has 0 saturated carbocycles. The number of carbonyl (C=O) groups excluding carboxylic acids is 2. The van der Waals surface area contributed by atoms with Gasteiger partial charge in [-0.2, -0.15) is 23.1 Å². The quantitative estimate of drug-likeness (QED) is 0.218. The van der Waals surface area contributed by atoms with E-state index in [-0.39, 0.29) is 45.0 Å². The topological polar surface area (TPSA) is 133 Å². The molecule has 17 heteroatoms. The van der Waals surface area contributed by atoms with Crippen LogP contribution in [0.4, 0.5) is 24.5 Å². The average Bonchev–Trinajstić information content (AvgIpc) is 3.59. The molecule has 0 aliphatic carbocycles. The first-order chi connectivity index (χ1) is 20.4. The van der Waals surface area contributed by atoms with Gasteiger partial charge >= 0.3 is 6.18 Å². The second-order valence-electron chi connectivity index (χ2n) is 8.94. The Morgan fingerprint density at radius 2 is 1.67 bits per heavy atom. The lowest BCUT2D eigenvalue weighted by Crippen LogP contribution is -2.21. The molecule has 0 spiro atoms. The smallest absolute Gasteiger partial charge is 0.322 e. The number of halogens is 6. The van der Waals surface area contributed by atoms with Crippen molar-refractivity contribution in [2.75, 3.05) is 10.6 Å². The van der Waals surface area contributed by atoms with Gasteiger partial charge in [0.05, 0.1) is 22.0 Å². The molecule has 2 amide bonds. The fourth-order valence-corrected chi connectivity index (χ4v) is 4.53. The summed E-state index contributed by atoms with van der Waals surface area (Å²) >= 11 is 18.5. The van der Waals surface area contributed by atoms with Crippen LogP contribution in [0.15, 0.2) is 60.8 Å². The number of pyridine rings is 1. The van der Waals surface area contributed by atoms with Crippen LogP contribution in [0.25, 0.3) is 5.82 Å². The highest BCUT2D eigenvalue weighted by atomic mass is 35.5. The zero-order valence-electron chi connectivity index (χ0n) is 21.7. The number of aromatic nitrogens is 7. The summed E-state index contributed by atoms with van der Waals surface area (Å²) in [5.41, 5.74) is 1.11. The van der Waals surface area contributed by atoms with Gasteiger partial charge in [0.25, 0.3) is 17.6 Å². The molecular formula is C26H17Cl3F3N9O2. The highest BCUT2D eigenvalue weighted by molar-refractivity contribution is 6.32. The summed E-state index contributed by atoms with van der Waals surface area (Å²) in [4.78, 5) is 31.8. The summed E-state index contributed by atoms with van der Waals surface area (Å²) < 4.78 is 40.0. The summed E-state index contributed by atoms with van der Waals surface area (Å²) in [6.07, 6.45) is -3.38. The number of aryl methyl sites for hydroxylation is 1. The van der Waals surface area contributed by atoms with E-state index >= 15 is 0 Å². The van der Waals surface area contributed by atoms with E-state index in [0.717, 1.165) is 4.68 Å². The van der Waals surface area contributed by atoms with Gasteiger partial charge in [0, 0.05) is 21.9 Å². The standard InChI is InChI=1S/C26H17Cl3F3N9O2/c1-13-9-15(28)10-18(23(42)34-16-6-4-14(27)5-7-16)21(13)35-24(43)20-11-17(12-40-38-25(36-39-40)26(30,31)32)37-41(20)22-19(29)3-2-8-33-22/h2-11H,12H2,1H3,(H,34,42)(H,35,43).